The maximum atomic E-state index is 13.3. The number of nitrogen functional groups attached to an aromatic ring is 1. The number of aliphatic carboxylic acids is 1. The van der Waals surface area contributed by atoms with Crippen molar-refractivity contribution < 1.29 is 44.5 Å². The molecule has 1 fully saturated rings. The molecule has 3 amide bonds. The number of carboxylic acids is 1. The summed E-state index contributed by atoms with van der Waals surface area (Å²) in [5.74, 6) is -4.42. The van der Waals surface area contributed by atoms with Gasteiger partial charge in [0.1, 0.15) is 22.8 Å². The highest BCUT2D eigenvalue weighted by molar-refractivity contribution is 8.00. The Morgan fingerprint density at radius 2 is 2.00 bits per heavy atom. The fourth-order valence-corrected chi connectivity index (χ4v) is 6.09. The van der Waals surface area contributed by atoms with Gasteiger partial charge in [0.05, 0.1) is 6.54 Å². The Kier molecular flexibility index (Phi) is 8.32. The van der Waals surface area contributed by atoms with Gasteiger partial charge < -0.3 is 31.2 Å². The number of nitrogens with zero attached hydrogens (tertiary/aromatic N) is 7. The Hall–Kier alpha value is -5.28. The lowest BCUT2D eigenvalue weighted by molar-refractivity contribution is -0.152. The van der Waals surface area contributed by atoms with Crippen molar-refractivity contribution in [1.82, 2.24) is 40.9 Å². The molecule has 1 aromatic carbocycles. The molecule has 236 valence electrons. The Balaban J connectivity index is 1.34. The molecule has 2 aromatic heterocycles. The average molecular weight is 661 g/mol. The molecule has 21 heteroatoms. The number of phenolic OH excluding ortho intramolecular Hbond substituents is 2. The lowest BCUT2D eigenvalue weighted by atomic mass is 10.0. The van der Waals surface area contributed by atoms with Crippen LogP contribution in [0.5, 0.6) is 11.5 Å². The normalized spacial score (nSPS) is 18.2. The Morgan fingerprint density at radius 1 is 1.24 bits per heavy atom. The number of hydroxylamine groups is 1. The summed E-state index contributed by atoms with van der Waals surface area (Å²) in [5.41, 5.74) is 5.36. The first-order chi connectivity index (χ1) is 21.3. The fraction of sp³-hybridized carbons (Fsp3) is 0.292. The number of nitrogens with one attached hydrogen (secondary N) is 2. The van der Waals surface area contributed by atoms with Gasteiger partial charge >= 0.3 is 5.97 Å². The molecular formula is C24H24N10O9S2. The van der Waals surface area contributed by atoms with Crippen LogP contribution in [0.1, 0.15) is 19.5 Å². The number of hydrogen-bond donors (Lipinski definition) is 7. The summed E-state index contributed by atoms with van der Waals surface area (Å²) in [5, 5.41) is 57.3. The van der Waals surface area contributed by atoms with Crippen LogP contribution < -0.4 is 16.5 Å². The van der Waals surface area contributed by atoms with Crippen molar-refractivity contribution in [3.63, 3.8) is 0 Å². The number of thiazole rings is 1. The van der Waals surface area contributed by atoms with E-state index in [2.05, 4.69) is 30.9 Å². The minimum Gasteiger partial charge on any atom is -0.504 e. The standard InChI is InChI=1S/C24H24N10O9S2/c1-24(2,22(41)30-42)43-31-14(11-8-45-23(25)26-11)18(37)27-15-19(38)34-16(21(39)40)10(7-44-20(15)34)6-33-29-17(28-32-33)9-3-4-12(35)13(36)5-9/h3-5,8,15,20,35-36,42H,6-7H2,1-2H3,(H2,25,26)(H,27,37)(H,30,41)(H,39,40)/b31-14-/t15-,20-/m1/s1. The van der Waals surface area contributed by atoms with Gasteiger partial charge in [0.2, 0.25) is 11.4 Å². The summed E-state index contributed by atoms with van der Waals surface area (Å²) in [6, 6.07) is 2.81. The Bertz CT molecular complexity index is 1770. The van der Waals surface area contributed by atoms with Crippen molar-refractivity contribution in [2.75, 3.05) is 11.5 Å². The molecule has 0 aliphatic carbocycles. The van der Waals surface area contributed by atoms with Crippen molar-refractivity contribution in [3.05, 3.63) is 40.5 Å². The molecule has 0 radical (unpaired) electrons. The number of fused-ring (bicyclic) bond motifs is 1. The van der Waals surface area contributed by atoms with E-state index in [1.165, 1.54) is 54.7 Å². The van der Waals surface area contributed by atoms with E-state index < -0.39 is 46.4 Å². The smallest absolute Gasteiger partial charge is 0.352 e. The molecular weight excluding hydrogens is 636 g/mol. The first-order valence-electron chi connectivity index (χ1n) is 12.7. The third-order valence-corrected chi connectivity index (χ3v) is 8.56. The number of carbonyl (C=O) groups is 4. The van der Waals surface area contributed by atoms with Crippen molar-refractivity contribution >= 4 is 57.6 Å². The third-order valence-electron chi connectivity index (χ3n) is 6.55. The number of hydrogen-bond acceptors (Lipinski definition) is 16. The number of rotatable bonds is 10. The van der Waals surface area contributed by atoms with E-state index in [1.807, 2.05) is 0 Å². The highest BCUT2D eigenvalue weighted by Gasteiger charge is 2.54. The number of benzene rings is 1. The van der Waals surface area contributed by atoms with E-state index in [4.69, 9.17) is 15.8 Å². The Morgan fingerprint density at radius 3 is 2.64 bits per heavy atom. The fourth-order valence-electron chi connectivity index (χ4n) is 4.21. The quantitative estimate of drug-likeness (QED) is 0.0462. The van der Waals surface area contributed by atoms with E-state index in [0.717, 1.165) is 21.0 Å². The molecule has 19 nitrogen and oxygen atoms in total. The number of anilines is 1. The first-order valence-corrected chi connectivity index (χ1v) is 14.7. The predicted molar refractivity (Wildman–Crippen MR) is 154 cm³/mol. The molecule has 5 rings (SSSR count). The van der Waals surface area contributed by atoms with Crippen LogP contribution >= 0.6 is 23.1 Å². The molecule has 0 bridgehead atoms. The molecule has 3 aromatic rings. The van der Waals surface area contributed by atoms with Crippen LogP contribution in [0.3, 0.4) is 0 Å². The van der Waals surface area contributed by atoms with Gasteiger partial charge in [-0.15, -0.1) is 33.3 Å². The lowest BCUT2D eigenvalue weighted by Gasteiger charge is -2.49. The summed E-state index contributed by atoms with van der Waals surface area (Å²) in [6.45, 7) is 2.43. The van der Waals surface area contributed by atoms with Crippen LogP contribution in [0.15, 0.2) is 40.0 Å². The number of aromatic nitrogens is 5. The van der Waals surface area contributed by atoms with Crippen LogP contribution in [0, 0.1) is 0 Å². The van der Waals surface area contributed by atoms with E-state index >= 15 is 0 Å². The summed E-state index contributed by atoms with van der Waals surface area (Å²) in [4.78, 5) is 62.1. The van der Waals surface area contributed by atoms with Gasteiger partial charge in [0, 0.05) is 16.7 Å². The topological polar surface area (TPSA) is 281 Å². The second kappa shape index (κ2) is 12.0. The third kappa shape index (κ3) is 6.07. The number of carbonyl (C=O) groups excluding carboxylic acids is 3. The SMILES string of the molecule is CC(C)(O/N=C(\C(=O)N[C@@H]1C(=O)N2C(C(=O)O)=C(Cn3nnc(-c4ccc(O)c(O)c4)n3)CS[C@H]12)c1csc(N)n1)C(=O)NO. The highest BCUT2D eigenvalue weighted by Crippen LogP contribution is 2.41. The number of β-lactam (4-membered cyclic amide) rings is 1. The summed E-state index contributed by atoms with van der Waals surface area (Å²) < 4.78 is 0. The van der Waals surface area contributed by atoms with Crippen molar-refractivity contribution in [3.8, 4) is 22.9 Å². The van der Waals surface area contributed by atoms with E-state index in [1.54, 1.807) is 0 Å². The average Bonchev–Trinajstić information content (AvgIpc) is 3.65. The summed E-state index contributed by atoms with van der Waals surface area (Å²) in [6.07, 6.45) is 0. The molecule has 1 saturated heterocycles. The zero-order chi connectivity index (χ0) is 32.6. The largest absolute Gasteiger partial charge is 0.504 e. The molecule has 4 heterocycles. The van der Waals surface area contributed by atoms with Gasteiger partial charge in [-0.05, 0) is 42.8 Å². The number of aromatic hydroxyl groups is 2. The van der Waals surface area contributed by atoms with Crippen molar-refractivity contribution in [2.24, 2.45) is 5.16 Å². The summed E-state index contributed by atoms with van der Waals surface area (Å²) in [7, 11) is 0. The lowest BCUT2D eigenvalue weighted by Crippen LogP contribution is -2.71. The number of phenols is 2. The first kappa shape index (κ1) is 31.2. The van der Waals surface area contributed by atoms with Crippen LogP contribution in [0.2, 0.25) is 0 Å². The number of nitrogens with two attached hydrogens (primary N) is 1. The molecule has 8 N–H and O–H groups in total. The molecule has 0 unspecified atom stereocenters. The van der Waals surface area contributed by atoms with E-state index in [-0.39, 0.29) is 46.1 Å². The monoisotopic (exact) mass is 660 g/mol. The molecule has 2 aliphatic heterocycles. The second-order valence-corrected chi connectivity index (χ2v) is 12.0. The maximum Gasteiger partial charge on any atom is 0.352 e. The van der Waals surface area contributed by atoms with Gasteiger partial charge in [0.25, 0.3) is 17.7 Å². The maximum absolute atomic E-state index is 13.3. The number of oxime groups is 1. The minimum absolute atomic E-state index is 0.00856. The van der Waals surface area contributed by atoms with Gasteiger partial charge in [-0.3, -0.25) is 24.5 Å². The molecule has 2 atom stereocenters. The van der Waals surface area contributed by atoms with E-state index in [0.29, 0.717) is 11.1 Å². The highest BCUT2D eigenvalue weighted by atomic mass is 32.2. The summed E-state index contributed by atoms with van der Waals surface area (Å²) >= 11 is 2.19. The van der Waals surface area contributed by atoms with Crippen molar-refractivity contribution in [1.29, 1.82) is 0 Å². The molecule has 2 aliphatic rings. The molecule has 45 heavy (non-hydrogen) atoms. The number of amides is 3. The molecule has 0 saturated carbocycles. The van der Waals surface area contributed by atoms with E-state index in [9.17, 15) is 34.5 Å². The predicted octanol–water partition coefficient (Wildman–Crippen LogP) is -0.766. The van der Waals surface area contributed by atoms with Crippen LogP contribution in [0.4, 0.5) is 5.13 Å². The minimum atomic E-state index is -1.70. The van der Waals surface area contributed by atoms with Gasteiger partial charge in [-0.1, -0.05) is 5.16 Å². The zero-order valence-corrected chi connectivity index (χ0v) is 24.9. The Labute approximate surface area is 260 Å². The number of thioether (sulfide) groups is 1. The van der Waals surface area contributed by atoms with Crippen LogP contribution in [-0.2, 0) is 30.6 Å². The number of carboxylic acid groups (broad SMARTS) is 1. The van der Waals surface area contributed by atoms with Gasteiger partial charge in [-0.2, -0.15) is 4.80 Å². The number of tetrazole rings is 1. The zero-order valence-electron chi connectivity index (χ0n) is 23.2. The van der Waals surface area contributed by atoms with Crippen molar-refractivity contribution in [2.45, 2.75) is 37.4 Å². The molecule has 0 spiro atoms. The van der Waals surface area contributed by atoms with Crippen LogP contribution in [-0.4, -0.2) is 103 Å². The van der Waals surface area contributed by atoms with Gasteiger partial charge in [-0.25, -0.2) is 15.3 Å². The van der Waals surface area contributed by atoms with Gasteiger partial charge in [0.15, 0.2) is 22.3 Å². The second-order valence-electron chi connectivity index (χ2n) is 10.0. The van der Waals surface area contributed by atoms with Crippen LogP contribution in [0.25, 0.3) is 11.4 Å².